The van der Waals surface area contributed by atoms with E-state index in [-0.39, 0.29) is 5.54 Å². The van der Waals surface area contributed by atoms with Crippen LogP contribution in [-0.2, 0) is 4.74 Å². The predicted octanol–water partition coefficient (Wildman–Crippen LogP) is 2.32. The van der Waals surface area contributed by atoms with Gasteiger partial charge in [-0.15, -0.1) is 0 Å². The highest BCUT2D eigenvalue weighted by Gasteiger charge is 2.30. The summed E-state index contributed by atoms with van der Waals surface area (Å²) >= 11 is 0. The van der Waals surface area contributed by atoms with E-state index in [1.165, 1.54) is 32.1 Å². The maximum Gasteiger partial charge on any atom is 0.0479 e. The van der Waals surface area contributed by atoms with E-state index in [9.17, 15) is 0 Å². The largest absolute Gasteiger partial charge is 0.385 e. The molecule has 2 N–H and O–H groups in total. The highest BCUT2D eigenvalue weighted by molar-refractivity contribution is 4.89. The number of hydrogen-bond acceptors (Lipinski definition) is 2. The zero-order valence-electron chi connectivity index (χ0n) is 9.01. The lowest BCUT2D eigenvalue weighted by molar-refractivity contribution is 0.138. The molecule has 0 aromatic carbocycles. The molecule has 1 aliphatic carbocycles. The molecule has 0 atom stereocenters. The normalized spacial score (nSPS) is 34.8. The summed E-state index contributed by atoms with van der Waals surface area (Å²) in [5.41, 5.74) is 6.37. The first-order valence-corrected chi connectivity index (χ1v) is 5.48. The molecule has 13 heavy (non-hydrogen) atoms. The second kappa shape index (κ2) is 4.97. The van der Waals surface area contributed by atoms with E-state index >= 15 is 0 Å². The van der Waals surface area contributed by atoms with Crippen LogP contribution in [0.25, 0.3) is 0 Å². The van der Waals surface area contributed by atoms with Crippen molar-refractivity contribution in [1.82, 2.24) is 0 Å². The van der Waals surface area contributed by atoms with Crippen molar-refractivity contribution in [3.05, 3.63) is 0 Å². The van der Waals surface area contributed by atoms with Crippen LogP contribution in [0.1, 0.15) is 45.4 Å². The van der Waals surface area contributed by atoms with Gasteiger partial charge in [-0.05, 0) is 38.0 Å². The van der Waals surface area contributed by atoms with Gasteiger partial charge >= 0.3 is 0 Å². The van der Waals surface area contributed by atoms with E-state index < -0.39 is 0 Å². The van der Waals surface area contributed by atoms with Crippen LogP contribution in [0.15, 0.2) is 0 Å². The van der Waals surface area contributed by atoms with Crippen molar-refractivity contribution in [3.63, 3.8) is 0 Å². The number of nitrogens with two attached hydrogens (primary N) is 1. The highest BCUT2D eigenvalue weighted by Crippen LogP contribution is 2.33. The Morgan fingerprint density at radius 1 is 1.38 bits per heavy atom. The molecular formula is C11H23NO. The lowest BCUT2D eigenvalue weighted by Crippen LogP contribution is -2.44. The molecule has 1 saturated carbocycles. The summed E-state index contributed by atoms with van der Waals surface area (Å²) in [5.74, 6) is 0.930. The van der Waals surface area contributed by atoms with Crippen molar-refractivity contribution in [3.8, 4) is 0 Å². The zero-order chi connectivity index (χ0) is 9.73. The molecule has 0 spiro atoms. The zero-order valence-corrected chi connectivity index (χ0v) is 9.01. The van der Waals surface area contributed by atoms with E-state index in [1.54, 1.807) is 7.11 Å². The predicted molar refractivity (Wildman–Crippen MR) is 55.7 cm³/mol. The maximum absolute atomic E-state index is 6.28. The van der Waals surface area contributed by atoms with Gasteiger partial charge in [-0.1, -0.05) is 13.3 Å². The Kier molecular flexibility index (Phi) is 4.20. The van der Waals surface area contributed by atoms with E-state index in [0.29, 0.717) is 0 Å². The minimum absolute atomic E-state index is 0.0850. The molecule has 0 aromatic rings. The lowest BCUT2D eigenvalue weighted by atomic mass is 9.75. The van der Waals surface area contributed by atoms with Gasteiger partial charge in [0.25, 0.3) is 0 Å². The van der Waals surface area contributed by atoms with Gasteiger partial charge in [0.2, 0.25) is 0 Å². The van der Waals surface area contributed by atoms with Gasteiger partial charge in [0.05, 0.1) is 0 Å². The third kappa shape index (κ3) is 3.28. The summed E-state index contributed by atoms with van der Waals surface area (Å²) in [7, 11) is 1.75. The number of hydrogen-bond donors (Lipinski definition) is 1. The first-order valence-electron chi connectivity index (χ1n) is 5.48. The third-order valence-electron chi connectivity index (χ3n) is 3.48. The van der Waals surface area contributed by atoms with Gasteiger partial charge in [0, 0.05) is 19.3 Å². The van der Waals surface area contributed by atoms with Crippen LogP contribution in [0.4, 0.5) is 0 Å². The van der Waals surface area contributed by atoms with Gasteiger partial charge in [0.15, 0.2) is 0 Å². The second-order valence-electron chi connectivity index (χ2n) is 4.46. The molecule has 0 amide bonds. The summed E-state index contributed by atoms with van der Waals surface area (Å²) in [6, 6.07) is 0. The average molecular weight is 185 g/mol. The molecule has 0 heterocycles. The Bertz CT molecular complexity index is 139. The van der Waals surface area contributed by atoms with Crippen molar-refractivity contribution in [1.29, 1.82) is 0 Å². The monoisotopic (exact) mass is 185 g/mol. The van der Waals surface area contributed by atoms with Crippen molar-refractivity contribution >= 4 is 0 Å². The molecule has 2 heteroatoms. The van der Waals surface area contributed by atoms with Crippen LogP contribution in [0.2, 0.25) is 0 Å². The fourth-order valence-electron chi connectivity index (χ4n) is 2.22. The quantitative estimate of drug-likeness (QED) is 0.729. The van der Waals surface area contributed by atoms with Crippen LogP contribution in [0.3, 0.4) is 0 Å². The Hall–Kier alpha value is -0.0800. The van der Waals surface area contributed by atoms with Crippen molar-refractivity contribution in [2.45, 2.75) is 51.0 Å². The van der Waals surface area contributed by atoms with Gasteiger partial charge in [0.1, 0.15) is 0 Å². The first-order chi connectivity index (χ1) is 6.20. The Balaban J connectivity index is 2.28. The molecule has 1 fully saturated rings. The first kappa shape index (κ1) is 11.0. The number of methoxy groups -OCH3 is 1. The summed E-state index contributed by atoms with van der Waals surface area (Å²) < 4.78 is 5.08. The van der Waals surface area contributed by atoms with Crippen LogP contribution in [-0.4, -0.2) is 19.3 Å². The standard InChI is InChI=1S/C11H23NO/c1-3-10-4-6-11(12,7-5-10)8-9-13-2/h10H,3-9,12H2,1-2H3. The average Bonchev–Trinajstić information content (AvgIpc) is 2.16. The van der Waals surface area contributed by atoms with Gasteiger partial charge in [-0.3, -0.25) is 0 Å². The third-order valence-corrected chi connectivity index (χ3v) is 3.48. The molecule has 0 unspecified atom stereocenters. The van der Waals surface area contributed by atoms with Crippen LogP contribution in [0, 0.1) is 5.92 Å². The van der Waals surface area contributed by atoms with Gasteiger partial charge in [-0.25, -0.2) is 0 Å². The lowest BCUT2D eigenvalue weighted by Gasteiger charge is -2.36. The van der Waals surface area contributed by atoms with Crippen molar-refractivity contribution < 1.29 is 4.74 Å². The van der Waals surface area contributed by atoms with E-state index in [2.05, 4.69) is 6.92 Å². The molecule has 0 saturated heterocycles. The topological polar surface area (TPSA) is 35.2 Å². The Morgan fingerprint density at radius 2 is 2.00 bits per heavy atom. The minimum atomic E-state index is 0.0850. The molecular weight excluding hydrogens is 162 g/mol. The fraction of sp³-hybridized carbons (Fsp3) is 1.00. The molecule has 0 bridgehead atoms. The summed E-state index contributed by atoms with van der Waals surface area (Å²) in [5, 5.41) is 0. The number of ether oxygens (including phenoxy) is 1. The van der Waals surface area contributed by atoms with Crippen LogP contribution >= 0.6 is 0 Å². The Labute approximate surface area is 81.8 Å². The molecule has 78 valence electrons. The second-order valence-corrected chi connectivity index (χ2v) is 4.46. The summed E-state index contributed by atoms with van der Waals surface area (Å²) in [4.78, 5) is 0. The molecule has 1 aliphatic rings. The maximum atomic E-state index is 6.28. The van der Waals surface area contributed by atoms with Gasteiger partial charge in [-0.2, -0.15) is 0 Å². The van der Waals surface area contributed by atoms with Crippen molar-refractivity contribution in [2.24, 2.45) is 11.7 Å². The van der Waals surface area contributed by atoms with Crippen LogP contribution < -0.4 is 5.73 Å². The molecule has 2 nitrogen and oxygen atoms in total. The fourth-order valence-corrected chi connectivity index (χ4v) is 2.22. The molecule has 0 aliphatic heterocycles. The van der Waals surface area contributed by atoms with Crippen LogP contribution in [0.5, 0.6) is 0 Å². The highest BCUT2D eigenvalue weighted by atomic mass is 16.5. The number of rotatable bonds is 4. The molecule has 0 aromatic heterocycles. The smallest absolute Gasteiger partial charge is 0.0479 e. The van der Waals surface area contributed by atoms with E-state index in [0.717, 1.165) is 18.9 Å². The summed E-state index contributed by atoms with van der Waals surface area (Å²) in [6.45, 7) is 3.09. The SMILES string of the molecule is CCC1CCC(N)(CCOC)CC1. The van der Waals surface area contributed by atoms with Gasteiger partial charge < -0.3 is 10.5 Å². The molecule has 1 rings (SSSR count). The van der Waals surface area contributed by atoms with Crippen molar-refractivity contribution in [2.75, 3.05) is 13.7 Å². The van der Waals surface area contributed by atoms with E-state index in [4.69, 9.17) is 10.5 Å². The summed E-state index contributed by atoms with van der Waals surface area (Å²) in [6.07, 6.45) is 7.36. The molecule has 0 radical (unpaired) electrons. The Morgan fingerprint density at radius 3 is 2.46 bits per heavy atom. The van der Waals surface area contributed by atoms with E-state index in [1.807, 2.05) is 0 Å². The minimum Gasteiger partial charge on any atom is -0.385 e.